The molecule has 0 aromatic heterocycles. The van der Waals surface area contributed by atoms with E-state index in [1.54, 1.807) is 14.2 Å². The molecular weight excluding hydrogens is 352 g/mol. The molecule has 0 radical (unpaired) electrons. The molecular formula is C22H38N4O2. The highest BCUT2D eigenvalue weighted by molar-refractivity contribution is 5.79. The van der Waals surface area contributed by atoms with Gasteiger partial charge in [-0.25, -0.2) is 0 Å². The lowest BCUT2D eigenvalue weighted by molar-refractivity contribution is 0.181. The van der Waals surface area contributed by atoms with Gasteiger partial charge in [-0.05, 0) is 56.8 Å². The molecule has 1 aliphatic heterocycles. The van der Waals surface area contributed by atoms with Gasteiger partial charge in [-0.2, -0.15) is 0 Å². The molecule has 28 heavy (non-hydrogen) atoms. The average molecular weight is 391 g/mol. The largest absolute Gasteiger partial charge is 0.497 e. The van der Waals surface area contributed by atoms with E-state index in [2.05, 4.69) is 27.0 Å². The second-order valence-corrected chi connectivity index (χ2v) is 7.76. The molecule has 1 saturated heterocycles. The number of guanidine groups is 1. The summed E-state index contributed by atoms with van der Waals surface area (Å²) in [4.78, 5) is 9.16. The van der Waals surface area contributed by atoms with E-state index in [1.807, 2.05) is 32.3 Å². The molecule has 1 fully saturated rings. The van der Waals surface area contributed by atoms with Gasteiger partial charge in [0.2, 0.25) is 0 Å². The Labute approximate surface area is 170 Å². The van der Waals surface area contributed by atoms with E-state index in [-0.39, 0.29) is 0 Å². The molecule has 6 heteroatoms. The van der Waals surface area contributed by atoms with Gasteiger partial charge in [0.25, 0.3) is 0 Å². The van der Waals surface area contributed by atoms with Gasteiger partial charge >= 0.3 is 0 Å². The minimum Gasteiger partial charge on any atom is -0.497 e. The van der Waals surface area contributed by atoms with Crippen LogP contribution in [0.3, 0.4) is 0 Å². The van der Waals surface area contributed by atoms with Crippen LogP contribution >= 0.6 is 0 Å². The molecule has 0 spiro atoms. The van der Waals surface area contributed by atoms with Crippen molar-refractivity contribution in [3.8, 4) is 11.5 Å². The summed E-state index contributed by atoms with van der Waals surface area (Å²) in [6.45, 7) is 7.78. The van der Waals surface area contributed by atoms with Gasteiger partial charge in [0.15, 0.2) is 5.96 Å². The third kappa shape index (κ3) is 6.89. The number of unbranched alkanes of at least 4 members (excludes halogenated alkanes) is 1. The summed E-state index contributed by atoms with van der Waals surface area (Å²) in [5, 5.41) is 3.49. The van der Waals surface area contributed by atoms with E-state index in [9.17, 15) is 0 Å². The minimum atomic E-state index is 0.721. The molecule has 1 unspecified atom stereocenters. The smallest absolute Gasteiger partial charge is 0.193 e. The van der Waals surface area contributed by atoms with Crippen LogP contribution in [0.1, 0.15) is 38.2 Å². The summed E-state index contributed by atoms with van der Waals surface area (Å²) in [6.07, 6.45) is 5.13. The van der Waals surface area contributed by atoms with Gasteiger partial charge in [0.1, 0.15) is 11.5 Å². The standard InChI is InChI=1S/C22H38N4O2/c1-18-9-8-14-26(16-18)13-7-6-12-24-22(23-2)25(3)17-19-10-11-20(27-4)15-21(19)28-5/h10-11,15,18H,6-9,12-14,16-17H2,1-5H3,(H,23,24). The monoisotopic (exact) mass is 390 g/mol. The fourth-order valence-electron chi connectivity index (χ4n) is 3.85. The number of methoxy groups -OCH3 is 2. The number of likely N-dealkylation sites (tertiary alicyclic amines) is 1. The number of rotatable bonds is 9. The van der Waals surface area contributed by atoms with Crippen molar-refractivity contribution in [2.24, 2.45) is 10.9 Å². The first-order valence-electron chi connectivity index (χ1n) is 10.4. The van der Waals surface area contributed by atoms with Gasteiger partial charge in [0, 0.05) is 45.4 Å². The fourth-order valence-corrected chi connectivity index (χ4v) is 3.85. The molecule has 0 saturated carbocycles. The molecule has 0 bridgehead atoms. The van der Waals surface area contributed by atoms with Crippen LogP contribution in [0, 0.1) is 5.92 Å². The Balaban J connectivity index is 1.75. The summed E-state index contributed by atoms with van der Waals surface area (Å²) < 4.78 is 10.8. The average Bonchev–Trinajstić information content (AvgIpc) is 2.71. The third-order valence-corrected chi connectivity index (χ3v) is 5.40. The number of benzene rings is 1. The topological polar surface area (TPSA) is 49.3 Å². The molecule has 1 heterocycles. The zero-order valence-electron chi connectivity index (χ0n) is 18.3. The molecule has 1 aromatic carbocycles. The lowest BCUT2D eigenvalue weighted by Crippen LogP contribution is -2.39. The van der Waals surface area contributed by atoms with Gasteiger partial charge in [-0.3, -0.25) is 4.99 Å². The summed E-state index contributed by atoms with van der Waals surface area (Å²) >= 11 is 0. The molecule has 158 valence electrons. The van der Waals surface area contributed by atoms with Crippen LogP contribution in [0.15, 0.2) is 23.2 Å². The van der Waals surface area contributed by atoms with Crippen molar-refractivity contribution in [3.63, 3.8) is 0 Å². The first-order chi connectivity index (χ1) is 13.6. The highest BCUT2D eigenvalue weighted by Crippen LogP contribution is 2.25. The molecule has 1 aromatic rings. The second kappa shape index (κ2) is 11.8. The molecule has 1 N–H and O–H groups in total. The van der Waals surface area contributed by atoms with Crippen LogP contribution in [0.5, 0.6) is 11.5 Å². The zero-order chi connectivity index (χ0) is 20.4. The molecule has 1 atom stereocenters. The van der Waals surface area contributed by atoms with Gasteiger partial charge in [0.05, 0.1) is 14.2 Å². The Bertz CT molecular complexity index is 621. The fraction of sp³-hybridized carbons (Fsp3) is 0.682. The highest BCUT2D eigenvalue weighted by atomic mass is 16.5. The van der Waals surface area contributed by atoms with E-state index in [1.165, 1.54) is 38.9 Å². The van der Waals surface area contributed by atoms with E-state index in [0.717, 1.165) is 48.5 Å². The molecule has 6 nitrogen and oxygen atoms in total. The van der Waals surface area contributed by atoms with E-state index >= 15 is 0 Å². The van der Waals surface area contributed by atoms with Crippen LogP contribution in [0.25, 0.3) is 0 Å². The van der Waals surface area contributed by atoms with Crippen molar-refractivity contribution < 1.29 is 9.47 Å². The maximum absolute atomic E-state index is 5.51. The number of aliphatic imine (C=N–C) groups is 1. The normalized spacial score (nSPS) is 18.0. The Morgan fingerprint density at radius 2 is 2.11 bits per heavy atom. The van der Waals surface area contributed by atoms with Crippen molar-refractivity contribution in [3.05, 3.63) is 23.8 Å². The predicted molar refractivity (Wildman–Crippen MR) is 116 cm³/mol. The van der Waals surface area contributed by atoms with Crippen LogP contribution < -0.4 is 14.8 Å². The summed E-state index contributed by atoms with van der Waals surface area (Å²) in [7, 11) is 7.24. The van der Waals surface area contributed by atoms with E-state index in [4.69, 9.17) is 9.47 Å². The molecule has 2 rings (SSSR count). The Morgan fingerprint density at radius 3 is 2.79 bits per heavy atom. The Kier molecular flexibility index (Phi) is 9.41. The van der Waals surface area contributed by atoms with Gasteiger partial charge in [-0.15, -0.1) is 0 Å². The lowest BCUT2D eigenvalue weighted by Gasteiger charge is -2.30. The number of piperidine rings is 1. The van der Waals surface area contributed by atoms with Crippen LogP contribution in [0.2, 0.25) is 0 Å². The molecule has 0 amide bonds. The quantitative estimate of drug-likeness (QED) is 0.399. The first-order valence-corrected chi connectivity index (χ1v) is 10.4. The first kappa shape index (κ1) is 22.3. The Hall–Kier alpha value is -1.95. The third-order valence-electron chi connectivity index (χ3n) is 5.40. The van der Waals surface area contributed by atoms with Gasteiger partial charge in [-0.1, -0.05) is 6.92 Å². The zero-order valence-corrected chi connectivity index (χ0v) is 18.3. The molecule has 1 aliphatic rings. The number of nitrogens with zero attached hydrogens (tertiary/aromatic N) is 3. The van der Waals surface area contributed by atoms with Crippen molar-refractivity contribution in [1.82, 2.24) is 15.1 Å². The van der Waals surface area contributed by atoms with Crippen molar-refractivity contribution >= 4 is 5.96 Å². The van der Waals surface area contributed by atoms with Gasteiger partial charge < -0.3 is 24.6 Å². The summed E-state index contributed by atoms with van der Waals surface area (Å²) in [5.41, 5.74) is 1.10. The van der Waals surface area contributed by atoms with E-state index in [0.29, 0.717) is 0 Å². The maximum atomic E-state index is 5.51. The maximum Gasteiger partial charge on any atom is 0.193 e. The number of nitrogens with one attached hydrogen (secondary N) is 1. The van der Waals surface area contributed by atoms with Crippen molar-refractivity contribution in [1.29, 1.82) is 0 Å². The number of hydrogen-bond donors (Lipinski definition) is 1. The predicted octanol–water partition coefficient (Wildman–Crippen LogP) is 3.22. The second-order valence-electron chi connectivity index (χ2n) is 7.76. The summed E-state index contributed by atoms with van der Waals surface area (Å²) in [6, 6.07) is 5.92. The van der Waals surface area contributed by atoms with Crippen molar-refractivity contribution in [2.75, 3.05) is 54.5 Å². The van der Waals surface area contributed by atoms with Crippen LogP contribution in [0.4, 0.5) is 0 Å². The number of ether oxygens (including phenoxy) is 2. The Morgan fingerprint density at radius 1 is 1.29 bits per heavy atom. The number of hydrogen-bond acceptors (Lipinski definition) is 4. The summed E-state index contributed by atoms with van der Waals surface area (Å²) in [5.74, 6) is 3.39. The van der Waals surface area contributed by atoms with E-state index < -0.39 is 0 Å². The lowest BCUT2D eigenvalue weighted by atomic mass is 10.0. The van der Waals surface area contributed by atoms with Crippen LogP contribution in [-0.4, -0.2) is 70.3 Å². The minimum absolute atomic E-state index is 0.721. The highest BCUT2D eigenvalue weighted by Gasteiger charge is 2.15. The van der Waals surface area contributed by atoms with Crippen LogP contribution in [-0.2, 0) is 6.54 Å². The molecule has 0 aliphatic carbocycles. The SMILES string of the molecule is CN=C(NCCCCN1CCCC(C)C1)N(C)Cc1ccc(OC)cc1OC. The van der Waals surface area contributed by atoms with Crippen molar-refractivity contribution in [2.45, 2.75) is 39.2 Å².